The van der Waals surface area contributed by atoms with Crippen LogP contribution in [0.4, 0.5) is 11.4 Å². The molecule has 0 spiro atoms. The third-order valence-electron chi connectivity index (χ3n) is 5.34. The highest BCUT2D eigenvalue weighted by molar-refractivity contribution is 7.92. The van der Waals surface area contributed by atoms with Crippen molar-refractivity contribution in [2.45, 2.75) is 38.1 Å². The Balaban J connectivity index is 1.59. The zero-order valence-electron chi connectivity index (χ0n) is 19.5. The smallest absolute Gasteiger partial charge is 0.264 e. The van der Waals surface area contributed by atoms with E-state index in [2.05, 4.69) is 10.6 Å². The third kappa shape index (κ3) is 6.23. The molecule has 8 heteroatoms. The van der Waals surface area contributed by atoms with Crippen LogP contribution in [0.2, 0.25) is 0 Å². The van der Waals surface area contributed by atoms with E-state index in [4.69, 9.17) is 0 Å². The molecule has 0 atom stereocenters. The molecule has 0 aliphatic rings. The van der Waals surface area contributed by atoms with E-state index in [9.17, 15) is 18.0 Å². The average Bonchev–Trinajstić information content (AvgIpc) is 2.83. The van der Waals surface area contributed by atoms with Gasteiger partial charge in [0, 0.05) is 31.3 Å². The fourth-order valence-electron chi connectivity index (χ4n) is 3.27. The van der Waals surface area contributed by atoms with Crippen LogP contribution in [-0.4, -0.2) is 27.3 Å². The Bertz CT molecular complexity index is 1240. The summed E-state index contributed by atoms with van der Waals surface area (Å²) in [6.07, 6.45) is 1.26. The molecule has 0 aromatic heterocycles. The number of rotatable bonds is 9. The van der Waals surface area contributed by atoms with Crippen LogP contribution in [0.3, 0.4) is 0 Å². The van der Waals surface area contributed by atoms with Gasteiger partial charge in [0.2, 0.25) is 5.91 Å². The van der Waals surface area contributed by atoms with Crippen LogP contribution in [-0.2, 0) is 21.4 Å². The van der Waals surface area contributed by atoms with Crippen molar-refractivity contribution < 1.29 is 18.0 Å². The number of sulfonamides is 1. The molecule has 2 amide bonds. The zero-order valence-corrected chi connectivity index (χ0v) is 20.4. The summed E-state index contributed by atoms with van der Waals surface area (Å²) in [7, 11) is -2.21. The molecule has 0 radical (unpaired) electrons. The summed E-state index contributed by atoms with van der Waals surface area (Å²) in [5.74, 6) is -0.291. The predicted molar refractivity (Wildman–Crippen MR) is 134 cm³/mol. The Hall–Kier alpha value is -3.65. The largest absolute Gasteiger partial charge is 0.348 e. The van der Waals surface area contributed by atoms with Crippen molar-refractivity contribution in [1.82, 2.24) is 5.32 Å². The van der Waals surface area contributed by atoms with Gasteiger partial charge >= 0.3 is 0 Å². The molecule has 0 aliphatic heterocycles. The highest BCUT2D eigenvalue weighted by atomic mass is 32.2. The lowest BCUT2D eigenvalue weighted by atomic mass is 10.1. The first-order valence-electron chi connectivity index (χ1n) is 11.0. The standard InChI is InChI=1S/C26H29N3O4S/c1-4-5-25(30)28-22-12-8-20(9-13-22)18-27-26(31)21-10-14-23(15-11-21)29(3)34(32,33)24-16-6-19(2)7-17-24/h6-17H,4-5,18H2,1-3H3,(H,27,31)(H,28,30). The summed E-state index contributed by atoms with van der Waals surface area (Å²) in [6, 6.07) is 20.4. The van der Waals surface area contributed by atoms with Crippen molar-refractivity contribution in [3.63, 3.8) is 0 Å². The van der Waals surface area contributed by atoms with Crippen LogP contribution in [0, 0.1) is 6.92 Å². The molecule has 3 aromatic carbocycles. The molecule has 0 aliphatic carbocycles. The topological polar surface area (TPSA) is 95.6 Å². The molecule has 0 heterocycles. The van der Waals surface area contributed by atoms with E-state index in [0.29, 0.717) is 29.9 Å². The van der Waals surface area contributed by atoms with Gasteiger partial charge in [-0.1, -0.05) is 36.8 Å². The van der Waals surface area contributed by atoms with Gasteiger partial charge < -0.3 is 10.6 Å². The minimum Gasteiger partial charge on any atom is -0.348 e. The van der Waals surface area contributed by atoms with E-state index < -0.39 is 10.0 Å². The van der Waals surface area contributed by atoms with Gasteiger partial charge in [-0.05, 0) is 67.4 Å². The third-order valence-corrected chi connectivity index (χ3v) is 7.14. The predicted octanol–water partition coefficient (Wildman–Crippen LogP) is 4.49. The fraction of sp³-hybridized carbons (Fsp3) is 0.231. The Morgan fingerprint density at radius 3 is 2.09 bits per heavy atom. The maximum absolute atomic E-state index is 12.9. The van der Waals surface area contributed by atoms with Crippen LogP contribution < -0.4 is 14.9 Å². The molecule has 3 rings (SSSR count). The van der Waals surface area contributed by atoms with Gasteiger partial charge in [-0.15, -0.1) is 0 Å². The summed E-state index contributed by atoms with van der Waals surface area (Å²) in [4.78, 5) is 24.4. The number of anilines is 2. The van der Waals surface area contributed by atoms with Gasteiger partial charge in [-0.3, -0.25) is 13.9 Å². The molecule has 34 heavy (non-hydrogen) atoms. The van der Waals surface area contributed by atoms with E-state index in [1.165, 1.54) is 11.4 Å². The maximum atomic E-state index is 12.9. The number of carbonyl (C=O) groups is 2. The minimum atomic E-state index is -3.70. The van der Waals surface area contributed by atoms with Crippen LogP contribution in [0.15, 0.2) is 77.7 Å². The maximum Gasteiger partial charge on any atom is 0.264 e. The van der Waals surface area contributed by atoms with Gasteiger partial charge in [0.1, 0.15) is 0 Å². The van der Waals surface area contributed by atoms with E-state index in [1.807, 2.05) is 26.0 Å². The van der Waals surface area contributed by atoms with E-state index >= 15 is 0 Å². The molecule has 7 nitrogen and oxygen atoms in total. The Morgan fingerprint density at radius 2 is 1.50 bits per heavy atom. The van der Waals surface area contributed by atoms with Gasteiger partial charge in [0.05, 0.1) is 10.6 Å². The minimum absolute atomic E-state index is 0.0238. The molecule has 0 unspecified atom stereocenters. The first kappa shape index (κ1) is 25.0. The second-order valence-corrected chi connectivity index (χ2v) is 9.98. The average molecular weight is 480 g/mol. The lowest BCUT2D eigenvalue weighted by Gasteiger charge is -2.20. The van der Waals surface area contributed by atoms with Crippen LogP contribution in [0.25, 0.3) is 0 Å². The Morgan fingerprint density at radius 1 is 0.882 bits per heavy atom. The number of aryl methyl sites for hydroxylation is 1. The molecule has 3 aromatic rings. The van der Waals surface area contributed by atoms with Gasteiger partial charge in [-0.25, -0.2) is 8.42 Å². The monoisotopic (exact) mass is 479 g/mol. The second kappa shape index (κ2) is 11.0. The second-order valence-electron chi connectivity index (χ2n) is 8.01. The van der Waals surface area contributed by atoms with Crippen LogP contribution in [0.1, 0.15) is 41.3 Å². The van der Waals surface area contributed by atoms with E-state index in [1.54, 1.807) is 60.7 Å². The number of nitrogens with zero attached hydrogens (tertiary/aromatic N) is 1. The zero-order chi connectivity index (χ0) is 24.7. The molecule has 0 bridgehead atoms. The summed E-state index contributed by atoms with van der Waals surface area (Å²) in [6.45, 7) is 4.17. The molecule has 2 N–H and O–H groups in total. The first-order valence-corrected chi connectivity index (χ1v) is 12.5. The van der Waals surface area contributed by atoms with Gasteiger partial charge in [-0.2, -0.15) is 0 Å². The summed E-state index contributed by atoms with van der Waals surface area (Å²) in [5.41, 5.74) is 3.47. The molecular formula is C26H29N3O4S. The molecule has 0 saturated heterocycles. The lowest BCUT2D eigenvalue weighted by molar-refractivity contribution is -0.116. The SMILES string of the molecule is CCCC(=O)Nc1ccc(CNC(=O)c2ccc(N(C)S(=O)(=O)c3ccc(C)cc3)cc2)cc1. The number of nitrogens with one attached hydrogen (secondary N) is 2. The van der Waals surface area contributed by atoms with Crippen molar-refractivity contribution in [2.75, 3.05) is 16.7 Å². The van der Waals surface area contributed by atoms with Gasteiger partial charge in [0.25, 0.3) is 15.9 Å². The molecule has 0 saturated carbocycles. The van der Waals surface area contributed by atoms with E-state index in [0.717, 1.165) is 17.5 Å². The van der Waals surface area contributed by atoms with E-state index in [-0.39, 0.29) is 16.7 Å². The van der Waals surface area contributed by atoms with Crippen molar-refractivity contribution in [2.24, 2.45) is 0 Å². The molecular weight excluding hydrogens is 450 g/mol. The quantitative estimate of drug-likeness (QED) is 0.473. The summed E-state index contributed by atoms with van der Waals surface area (Å²) < 4.78 is 26.9. The van der Waals surface area contributed by atoms with Crippen molar-refractivity contribution >= 4 is 33.2 Å². The molecule has 178 valence electrons. The fourth-order valence-corrected chi connectivity index (χ4v) is 4.47. The van der Waals surface area contributed by atoms with Crippen LogP contribution in [0.5, 0.6) is 0 Å². The molecule has 0 fully saturated rings. The Kier molecular flexibility index (Phi) is 8.07. The number of hydrogen-bond acceptors (Lipinski definition) is 4. The summed E-state index contributed by atoms with van der Waals surface area (Å²) >= 11 is 0. The highest BCUT2D eigenvalue weighted by Gasteiger charge is 2.21. The number of carbonyl (C=O) groups excluding carboxylic acids is 2. The number of benzene rings is 3. The number of hydrogen-bond donors (Lipinski definition) is 2. The van der Waals surface area contributed by atoms with Crippen molar-refractivity contribution in [3.05, 3.63) is 89.5 Å². The lowest BCUT2D eigenvalue weighted by Crippen LogP contribution is -2.27. The normalized spacial score (nSPS) is 11.0. The van der Waals surface area contributed by atoms with Crippen LogP contribution >= 0.6 is 0 Å². The first-order chi connectivity index (χ1) is 16.2. The van der Waals surface area contributed by atoms with Crippen molar-refractivity contribution in [3.8, 4) is 0 Å². The number of amides is 2. The Labute approximate surface area is 200 Å². The van der Waals surface area contributed by atoms with Gasteiger partial charge in [0.15, 0.2) is 0 Å². The summed E-state index contributed by atoms with van der Waals surface area (Å²) in [5, 5.41) is 5.67. The van der Waals surface area contributed by atoms with Crippen molar-refractivity contribution in [1.29, 1.82) is 0 Å². The highest BCUT2D eigenvalue weighted by Crippen LogP contribution is 2.23.